The molecule has 0 amide bonds. The largest absolute Gasteiger partial charge is 0.481 e. The minimum atomic E-state index is -4.33. The fourth-order valence-corrected chi connectivity index (χ4v) is 5.58. The molecule has 1 aromatic carbocycles. The molecular formula is C20H20F3NO2S. The van der Waals surface area contributed by atoms with Crippen molar-refractivity contribution in [3.63, 3.8) is 0 Å². The summed E-state index contributed by atoms with van der Waals surface area (Å²) < 4.78 is 38.1. The van der Waals surface area contributed by atoms with E-state index in [4.69, 9.17) is 0 Å². The summed E-state index contributed by atoms with van der Waals surface area (Å²) in [5.41, 5.74) is -0.474. The molecule has 1 aromatic heterocycles. The number of carbonyl (C=O) groups is 1. The van der Waals surface area contributed by atoms with E-state index in [1.54, 1.807) is 11.3 Å². The second-order valence-electron chi connectivity index (χ2n) is 7.56. The van der Waals surface area contributed by atoms with Crippen LogP contribution in [0.3, 0.4) is 0 Å². The number of aliphatic carboxylic acids is 1. The summed E-state index contributed by atoms with van der Waals surface area (Å²) >= 11 is 1.55. The highest BCUT2D eigenvalue weighted by atomic mass is 32.1. The number of carboxylic acids is 1. The molecule has 1 saturated carbocycles. The average Bonchev–Trinajstić information content (AvgIpc) is 3.29. The highest BCUT2D eigenvalue weighted by Crippen LogP contribution is 2.49. The Morgan fingerprint density at radius 2 is 1.96 bits per heavy atom. The van der Waals surface area contributed by atoms with Gasteiger partial charge in [0.15, 0.2) is 0 Å². The molecule has 1 aliphatic heterocycles. The first-order valence-corrected chi connectivity index (χ1v) is 9.82. The Hall–Kier alpha value is -1.86. The van der Waals surface area contributed by atoms with Gasteiger partial charge < -0.3 is 5.11 Å². The highest BCUT2D eigenvalue weighted by molar-refractivity contribution is 7.15. The topological polar surface area (TPSA) is 40.5 Å². The second kappa shape index (κ2) is 6.63. The van der Waals surface area contributed by atoms with Crippen LogP contribution in [0.2, 0.25) is 0 Å². The van der Waals surface area contributed by atoms with Crippen LogP contribution >= 0.6 is 11.3 Å². The van der Waals surface area contributed by atoms with Crippen molar-refractivity contribution in [3.8, 4) is 10.4 Å². The SMILES string of the molecule is O=C(O)[C@@]12CCC[C@H]1CN(Cc1ccc(-c3ccc(C(F)(F)F)cc3)s1)C2. The summed E-state index contributed by atoms with van der Waals surface area (Å²) in [6.07, 6.45) is -1.61. The van der Waals surface area contributed by atoms with Gasteiger partial charge in [-0.25, -0.2) is 0 Å². The van der Waals surface area contributed by atoms with Gasteiger partial charge in [-0.2, -0.15) is 13.2 Å². The van der Waals surface area contributed by atoms with Crippen LogP contribution in [-0.2, 0) is 17.5 Å². The van der Waals surface area contributed by atoms with Gasteiger partial charge in [-0.15, -0.1) is 11.3 Å². The number of halogens is 3. The molecule has 0 bridgehead atoms. The van der Waals surface area contributed by atoms with E-state index in [0.717, 1.165) is 53.3 Å². The molecule has 3 nitrogen and oxygen atoms in total. The van der Waals surface area contributed by atoms with Crippen molar-refractivity contribution in [1.82, 2.24) is 4.90 Å². The van der Waals surface area contributed by atoms with E-state index in [2.05, 4.69) is 4.90 Å². The van der Waals surface area contributed by atoms with E-state index >= 15 is 0 Å². The lowest BCUT2D eigenvalue weighted by Crippen LogP contribution is -2.35. The Kier molecular flexibility index (Phi) is 4.55. The van der Waals surface area contributed by atoms with Gasteiger partial charge in [-0.1, -0.05) is 18.6 Å². The van der Waals surface area contributed by atoms with E-state index in [1.807, 2.05) is 12.1 Å². The van der Waals surface area contributed by atoms with Crippen molar-refractivity contribution in [2.24, 2.45) is 11.3 Å². The summed E-state index contributed by atoms with van der Waals surface area (Å²) in [4.78, 5) is 16.0. The first kappa shape index (κ1) is 18.5. The van der Waals surface area contributed by atoms with Crippen LogP contribution in [-0.4, -0.2) is 29.1 Å². The van der Waals surface area contributed by atoms with Crippen molar-refractivity contribution in [3.05, 3.63) is 46.8 Å². The standard InChI is InChI=1S/C20H20F3NO2S/c21-20(22,23)14-5-3-13(4-6-14)17-8-7-16(27-17)11-24-10-15-2-1-9-19(15,12-24)18(25)26/h3-8,15H,1-2,9-12H2,(H,25,26)/t15-,19+/m0/s1. The van der Waals surface area contributed by atoms with Crippen LogP contribution in [0.5, 0.6) is 0 Å². The van der Waals surface area contributed by atoms with Crippen molar-refractivity contribution >= 4 is 17.3 Å². The zero-order valence-electron chi connectivity index (χ0n) is 14.6. The molecule has 1 N–H and O–H groups in total. The molecule has 144 valence electrons. The van der Waals surface area contributed by atoms with Gasteiger partial charge in [0.05, 0.1) is 11.0 Å². The maximum Gasteiger partial charge on any atom is 0.416 e. The van der Waals surface area contributed by atoms with Crippen molar-refractivity contribution in [1.29, 1.82) is 0 Å². The predicted octanol–water partition coefficient (Wildman–Crippen LogP) is 5.12. The number of benzene rings is 1. The van der Waals surface area contributed by atoms with E-state index in [9.17, 15) is 23.1 Å². The lowest BCUT2D eigenvalue weighted by molar-refractivity contribution is -0.149. The third-order valence-electron chi connectivity index (χ3n) is 5.91. The lowest BCUT2D eigenvalue weighted by atomic mass is 9.81. The Labute approximate surface area is 159 Å². The van der Waals surface area contributed by atoms with Crippen LogP contribution in [0, 0.1) is 11.3 Å². The number of likely N-dealkylation sites (tertiary alicyclic amines) is 1. The Bertz CT molecular complexity index is 846. The fraction of sp³-hybridized carbons (Fsp3) is 0.450. The maximum absolute atomic E-state index is 12.7. The van der Waals surface area contributed by atoms with E-state index in [1.165, 1.54) is 12.1 Å². The Morgan fingerprint density at radius 1 is 1.22 bits per heavy atom. The van der Waals surface area contributed by atoms with Gasteiger partial charge >= 0.3 is 12.1 Å². The summed E-state index contributed by atoms with van der Waals surface area (Å²) in [6.45, 7) is 2.08. The monoisotopic (exact) mass is 395 g/mol. The molecule has 2 heterocycles. The maximum atomic E-state index is 12.7. The van der Waals surface area contributed by atoms with Crippen molar-refractivity contribution in [2.45, 2.75) is 32.0 Å². The molecule has 1 aliphatic carbocycles. The molecule has 0 radical (unpaired) electrons. The van der Waals surface area contributed by atoms with Gasteiger partial charge in [0, 0.05) is 29.4 Å². The zero-order valence-corrected chi connectivity index (χ0v) is 15.4. The molecule has 0 spiro atoms. The number of hydrogen-bond acceptors (Lipinski definition) is 3. The number of hydrogen-bond donors (Lipinski definition) is 1. The van der Waals surface area contributed by atoms with E-state index in [-0.39, 0.29) is 5.92 Å². The zero-order chi connectivity index (χ0) is 19.2. The Balaban J connectivity index is 1.46. The third kappa shape index (κ3) is 3.38. The molecule has 0 unspecified atom stereocenters. The molecule has 2 fully saturated rings. The fourth-order valence-electron chi connectivity index (χ4n) is 4.53. The third-order valence-corrected chi connectivity index (χ3v) is 7.02. The van der Waals surface area contributed by atoms with Gasteiger partial charge in [0.2, 0.25) is 0 Å². The van der Waals surface area contributed by atoms with Crippen molar-refractivity contribution < 1.29 is 23.1 Å². The molecular weight excluding hydrogens is 375 g/mol. The van der Waals surface area contributed by atoms with Gasteiger partial charge in [0.25, 0.3) is 0 Å². The molecule has 7 heteroatoms. The minimum absolute atomic E-state index is 0.226. The Morgan fingerprint density at radius 3 is 2.59 bits per heavy atom. The van der Waals surface area contributed by atoms with Crippen LogP contribution in [0.4, 0.5) is 13.2 Å². The first-order chi connectivity index (χ1) is 12.8. The number of carboxylic acid groups (broad SMARTS) is 1. The summed E-state index contributed by atoms with van der Waals surface area (Å²) in [6, 6.07) is 9.11. The van der Waals surface area contributed by atoms with Crippen LogP contribution in [0.1, 0.15) is 29.7 Å². The smallest absolute Gasteiger partial charge is 0.416 e. The number of fused-ring (bicyclic) bond motifs is 1. The van der Waals surface area contributed by atoms with Crippen LogP contribution in [0.25, 0.3) is 10.4 Å². The van der Waals surface area contributed by atoms with Crippen LogP contribution in [0.15, 0.2) is 36.4 Å². The molecule has 2 aromatic rings. The molecule has 4 rings (SSSR count). The minimum Gasteiger partial charge on any atom is -0.481 e. The van der Waals surface area contributed by atoms with E-state index in [0.29, 0.717) is 13.1 Å². The number of rotatable bonds is 4. The second-order valence-corrected chi connectivity index (χ2v) is 8.73. The summed E-state index contributed by atoms with van der Waals surface area (Å²) in [5.74, 6) is -0.450. The normalized spacial score (nSPS) is 25.7. The van der Waals surface area contributed by atoms with Crippen molar-refractivity contribution in [2.75, 3.05) is 13.1 Å². The quantitative estimate of drug-likeness (QED) is 0.781. The summed E-state index contributed by atoms with van der Waals surface area (Å²) in [7, 11) is 0. The molecule has 27 heavy (non-hydrogen) atoms. The van der Waals surface area contributed by atoms with Gasteiger partial charge in [-0.3, -0.25) is 9.69 Å². The van der Waals surface area contributed by atoms with Crippen LogP contribution < -0.4 is 0 Å². The number of nitrogens with zero attached hydrogens (tertiary/aromatic N) is 1. The first-order valence-electron chi connectivity index (χ1n) is 9.00. The lowest BCUT2D eigenvalue weighted by Gasteiger charge is -2.23. The van der Waals surface area contributed by atoms with Gasteiger partial charge in [0.1, 0.15) is 0 Å². The predicted molar refractivity (Wildman–Crippen MR) is 97.4 cm³/mol. The molecule has 2 aliphatic rings. The van der Waals surface area contributed by atoms with Gasteiger partial charge in [-0.05, 0) is 48.6 Å². The molecule has 1 saturated heterocycles. The summed E-state index contributed by atoms with van der Waals surface area (Å²) in [5, 5.41) is 9.69. The average molecular weight is 395 g/mol. The number of thiophene rings is 1. The number of alkyl halides is 3. The van der Waals surface area contributed by atoms with E-state index < -0.39 is 23.1 Å². The molecule has 2 atom stereocenters. The highest BCUT2D eigenvalue weighted by Gasteiger charge is 2.54.